The van der Waals surface area contributed by atoms with Crippen LogP contribution in [-0.4, -0.2) is 49.7 Å². The zero-order valence-corrected chi connectivity index (χ0v) is 19.6. The number of methoxy groups -OCH3 is 1. The lowest BCUT2D eigenvalue weighted by atomic mass is 9.97. The highest BCUT2D eigenvalue weighted by molar-refractivity contribution is 6.30. The zero-order valence-electron chi connectivity index (χ0n) is 18.8. The molecule has 3 heterocycles. The zero-order chi connectivity index (χ0) is 22.6. The molecule has 0 N–H and O–H groups in total. The molecule has 1 saturated heterocycles. The summed E-state index contributed by atoms with van der Waals surface area (Å²) >= 11 is 6.03. The number of nitrogens with zero attached hydrogens (tertiary/aromatic N) is 3. The molecule has 1 aromatic heterocycles. The molecule has 3 aromatic rings. The van der Waals surface area contributed by atoms with Crippen LogP contribution in [0.5, 0.6) is 17.4 Å². The van der Waals surface area contributed by atoms with Crippen molar-refractivity contribution in [2.24, 2.45) is 0 Å². The van der Waals surface area contributed by atoms with Crippen LogP contribution < -0.4 is 14.4 Å². The SMILES string of the molecule is COc1cccc2c1CC(=CCCN1CCN(c3ccc(Cl)cc3)CC1)c1cccnc1O2. The minimum Gasteiger partial charge on any atom is -0.496 e. The number of anilines is 1. The van der Waals surface area contributed by atoms with E-state index in [1.165, 1.54) is 11.3 Å². The lowest BCUT2D eigenvalue weighted by molar-refractivity contribution is 0.262. The Hall–Kier alpha value is -3.02. The molecule has 0 radical (unpaired) electrons. The molecule has 0 spiro atoms. The molecule has 33 heavy (non-hydrogen) atoms. The highest BCUT2D eigenvalue weighted by Gasteiger charge is 2.22. The predicted molar refractivity (Wildman–Crippen MR) is 134 cm³/mol. The Morgan fingerprint density at radius 1 is 1.03 bits per heavy atom. The summed E-state index contributed by atoms with van der Waals surface area (Å²) in [7, 11) is 1.71. The van der Waals surface area contributed by atoms with E-state index >= 15 is 0 Å². The lowest BCUT2D eigenvalue weighted by Crippen LogP contribution is -2.46. The number of ether oxygens (including phenoxy) is 2. The summed E-state index contributed by atoms with van der Waals surface area (Å²) in [5.41, 5.74) is 4.61. The number of allylic oxidation sites excluding steroid dienone is 1. The number of benzene rings is 2. The van der Waals surface area contributed by atoms with Crippen LogP contribution in [-0.2, 0) is 6.42 Å². The van der Waals surface area contributed by atoms with E-state index in [1.54, 1.807) is 13.3 Å². The van der Waals surface area contributed by atoms with E-state index in [2.05, 4.69) is 39.1 Å². The topological polar surface area (TPSA) is 37.8 Å². The van der Waals surface area contributed by atoms with Gasteiger partial charge in [0.2, 0.25) is 5.88 Å². The second-order valence-corrected chi connectivity index (χ2v) is 8.83. The molecule has 2 aromatic carbocycles. The van der Waals surface area contributed by atoms with Crippen molar-refractivity contribution in [3.05, 3.63) is 83.0 Å². The fourth-order valence-electron chi connectivity index (χ4n) is 4.60. The van der Waals surface area contributed by atoms with Gasteiger partial charge >= 0.3 is 0 Å². The number of hydrogen-bond acceptors (Lipinski definition) is 5. The first-order valence-corrected chi connectivity index (χ1v) is 11.8. The van der Waals surface area contributed by atoms with Gasteiger partial charge < -0.3 is 14.4 Å². The fourth-order valence-corrected chi connectivity index (χ4v) is 4.72. The van der Waals surface area contributed by atoms with Crippen LogP contribution >= 0.6 is 11.6 Å². The Morgan fingerprint density at radius 2 is 1.85 bits per heavy atom. The molecule has 0 unspecified atom stereocenters. The number of aromatic nitrogens is 1. The smallest absolute Gasteiger partial charge is 0.226 e. The van der Waals surface area contributed by atoms with E-state index in [4.69, 9.17) is 21.1 Å². The molecule has 0 amide bonds. The summed E-state index contributed by atoms with van der Waals surface area (Å²) < 4.78 is 11.8. The summed E-state index contributed by atoms with van der Waals surface area (Å²) in [6.07, 6.45) is 5.87. The number of hydrogen-bond donors (Lipinski definition) is 0. The second-order valence-electron chi connectivity index (χ2n) is 8.40. The molecule has 0 saturated carbocycles. The van der Waals surface area contributed by atoms with Gasteiger partial charge in [0.25, 0.3) is 0 Å². The molecule has 2 aliphatic heterocycles. The minimum absolute atomic E-state index is 0.660. The Bertz CT molecular complexity index is 1140. The Labute approximate surface area is 200 Å². The van der Waals surface area contributed by atoms with Crippen LogP contribution in [0.2, 0.25) is 5.02 Å². The number of halogens is 1. The Morgan fingerprint density at radius 3 is 2.64 bits per heavy atom. The van der Waals surface area contributed by atoms with Gasteiger partial charge in [-0.1, -0.05) is 23.7 Å². The van der Waals surface area contributed by atoms with Crippen molar-refractivity contribution in [1.29, 1.82) is 0 Å². The van der Waals surface area contributed by atoms with Crippen LogP contribution in [0.25, 0.3) is 5.57 Å². The van der Waals surface area contributed by atoms with E-state index < -0.39 is 0 Å². The average molecular weight is 462 g/mol. The molecule has 1 fully saturated rings. The van der Waals surface area contributed by atoms with Crippen molar-refractivity contribution < 1.29 is 9.47 Å². The maximum atomic E-state index is 6.18. The van der Waals surface area contributed by atoms with Crippen molar-refractivity contribution in [1.82, 2.24) is 9.88 Å². The van der Waals surface area contributed by atoms with E-state index in [0.717, 1.165) is 73.2 Å². The molecule has 5 nitrogen and oxygen atoms in total. The van der Waals surface area contributed by atoms with Crippen LogP contribution in [0.1, 0.15) is 17.5 Å². The Balaban J connectivity index is 1.27. The molecular weight excluding hydrogens is 434 g/mol. The van der Waals surface area contributed by atoms with E-state index in [0.29, 0.717) is 5.88 Å². The molecule has 0 atom stereocenters. The summed E-state index contributed by atoms with van der Waals surface area (Å²) in [6.45, 7) is 5.22. The standard InChI is InChI=1S/C27H28ClN3O2/c1-32-25-7-2-8-26-24(25)19-20(23-6-3-13-29-27(23)33-26)5-4-14-30-15-17-31(18-16-30)22-11-9-21(28)10-12-22/h2-3,5-13H,4,14-19H2,1H3. The highest BCUT2D eigenvalue weighted by Crippen LogP contribution is 2.41. The van der Waals surface area contributed by atoms with Crippen LogP contribution in [0, 0.1) is 0 Å². The van der Waals surface area contributed by atoms with E-state index in [1.807, 2.05) is 36.4 Å². The summed E-state index contributed by atoms with van der Waals surface area (Å²) in [4.78, 5) is 9.46. The minimum atomic E-state index is 0.660. The average Bonchev–Trinajstić information content (AvgIpc) is 3.01. The normalized spacial score (nSPS) is 17.2. The maximum absolute atomic E-state index is 6.18. The van der Waals surface area contributed by atoms with Gasteiger partial charge in [-0.15, -0.1) is 0 Å². The fraction of sp³-hybridized carbons (Fsp3) is 0.296. The summed E-state index contributed by atoms with van der Waals surface area (Å²) in [5, 5.41) is 0.784. The summed E-state index contributed by atoms with van der Waals surface area (Å²) in [6, 6.07) is 18.1. The first-order valence-electron chi connectivity index (χ1n) is 11.4. The second kappa shape index (κ2) is 9.86. The third-order valence-corrected chi connectivity index (χ3v) is 6.65. The molecule has 5 rings (SSSR count). The van der Waals surface area contributed by atoms with Gasteiger partial charge in [-0.2, -0.15) is 0 Å². The van der Waals surface area contributed by atoms with Gasteiger partial charge in [-0.3, -0.25) is 4.90 Å². The van der Waals surface area contributed by atoms with Crippen molar-refractivity contribution in [2.45, 2.75) is 12.8 Å². The number of rotatable bonds is 5. The molecule has 0 aliphatic carbocycles. The third kappa shape index (κ3) is 4.85. The van der Waals surface area contributed by atoms with Crippen molar-refractivity contribution in [3.63, 3.8) is 0 Å². The molecular formula is C27H28ClN3O2. The first kappa shape index (κ1) is 21.8. The van der Waals surface area contributed by atoms with Gasteiger partial charge in [-0.25, -0.2) is 4.98 Å². The van der Waals surface area contributed by atoms with Gasteiger partial charge in [-0.05, 0) is 60.5 Å². The molecule has 170 valence electrons. The van der Waals surface area contributed by atoms with Crippen molar-refractivity contribution in [3.8, 4) is 17.4 Å². The number of fused-ring (bicyclic) bond motifs is 2. The molecule has 0 bridgehead atoms. The Kier molecular flexibility index (Phi) is 6.51. The van der Waals surface area contributed by atoms with E-state index in [9.17, 15) is 0 Å². The predicted octanol–water partition coefficient (Wildman–Crippen LogP) is 5.69. The van der Waals surface area contributed by atoms with Crippen molar-refractivity contribution >= 4 is 22.9 Å². The van der Waals surface area contributed by atoms with Crippen molar-refractivity contribution in [2.75, 3.05) is 44.7 Å². The highest BCUT2D eigenvalue weighted by atomic mass is 35.5. The molecule has 6 heteroatoms. The number of pyridine rings is 1. The van der Waals surface area contributed by atoms with Gasteiger partial charge in [0.1, 0.15) is 11.5 Å². The van der Waals surface area contributed by atoms with Gasteiger partial charge in [0.15, 0.2) is 0 Å². The van der Waals surface area contributed by atoms with Crippen LogP contribution in [0.4, 0.5) is 5.69 Å². The number of piperazine rings is 1. The molecule has 2 aliphatic rings. The lowest BCUT2D eigenvalue weighted by Gasteiger charge is -2.36. The first-order chi connectivity index (χ1) is 16.2. The van der Waals surface area contributed by atoms with E-state index in [-0.39, 0.29) is 0 Å². The van der Waals surface area contributed by atoms with Crippen LogP contribution in [0.3, 0.4) is 0 Å². The van der Waals surface area contributed by atoms with Crippen LogP contribution in [0.15, 0.2) is 66.9 Å². The maximum Gasteiger partial charge on any atom is 0.226 e. The van der Waals surface area contributed by atoms with Gasteiger partial charge in [0.05, 0.1) is 7.11 Å². The quantitative estimate of drug-likeness (QED) is 0.488. The van der Waals surface area contributed by atoms with Gasteiger partial charge in [0, 0.05) is 67.2 Å². The monoisotopic (exact) mass is 461 g/mol. The largest absolute Gasteiger partial charge is 0.496 e. The third-order valence-electron chi connectivity index (χ3n) is 6.40. The summed E-state index contributed by atoms with van der Waals surface area (Å²) in [5.74, 6) is 2.33.